The van der Waals surface area contributed by atoms with Gasteiger partial charge in [0.1, 0.15) is 5.54 Å². The van der Waals surface area contributed by atoms with Crippen LogP contribution in [-0.2, 0) is 4.79 Å². The fourth-order valence-electron chi connectivity index (χ4n) is 3.10. The first-order valence-corrected chi connectivity index (χ1v) is 5.05. The van der Waals surface area contributed by atoms with Gasteiger partial charge in [-0.15, -0.1) is 0 Å². The Morgan fingerprint density at radius 1 is 1.40 bits per heavy atom. The topological polar surface area (TPSA) is 72.1 Å². The number of carbonyl (C=O) groups is 1. The number of fused-ring (bicyclic) bond motifs is 1. The molecule has 2 aliphatic carbocycles. The van der Waals surface area contributed by atoms with Crippen LogP contribution in [0.5, 0.6) is 0 Å². The summed E-state index contributed by atoms with van der Waals surface area (Å²) < 4.78 is 0. The van der Waals surface area contributed by atoms with Gasteiger partial charge in [0.2, 0.25) is 5.91 Å². The molecule has 1 aromatic heterocycles. The molecular weight excluding hydrogens is 192 g/mol. The van der Waals surface area contributed by atoms with Crippen LogP contribution >= 0.6 is 0 Å². The smallest absolute Gasteiger partial charge is 0.248 e. The van der Waals surface area contributed by atoms with E-state index in [0.717, 1.165) is 5.69 Å². The number of nitrogens with two attached hydrogens (primary N) is 1. The predicted octanol–water partition coefficient (Wildman–Crippen LogP) is -0.506. The Balaban J connectivity index is 1.95. The lowest BCUT2D eigenvalue weighted by Crippen LogP contribution is -2.48. The highest BCUT2D eigenvalue weighted by Gasteiger charge is 2.88. The van der Waals surface area contributed by atoms with Crippen LogP contribution < -0.4 is 10.6 Å². The molecule has 2 saturated carbocycles. The minimum absolute atomic E-state index is 0.00648. The number of hydrogen-bond donors (Lipinski definition) is 1. The second-order valence-corrected chi connectivity index (χ2v) is 4.64. The molecule has 1 amide bonds. The lowest BCUT2D eigenvalue weighted by atomic mass is 9.97. The van der Waals surface area contributed by atoms with Crippen LogP contribution in [0.3, 0.4) is 0 Å². The number of hydrogen-bond acceptors (Lipinski definition) is 4. The summed E-state index contributed by atoms with van der Waals surface area (Å²) in [5.74, 6) is 1.71. The molecule has 4 aliphatic rings. The van der Waals surface area contributed by atoms with E-state index in [4.69, 9.17) is 5.73 Å². The second-order valence-electron chi connectivity index (χ2n) is 4.64. The van der Waals surface area contributed by atoms with E-state index in [0.29, 0.717) is 23.6 Å². The van der Waals surface area contributed by atoms with Gasteiger partial charge in [-0.05, 0) is 0 Å². The van der Waals surface area contributed by atoms with Crippen molar-refractivity contribution in [2.45, 2.75) is 11.5 Å². The molecule has 1 aromatic rings. The first-order valence-electron chi connectivity index (χ1n) is 5.05. The Morgan fingerprint density at radius 2 is 2.07 bits per heavy atom. The van der Waals surface area contributed by atoms with E-state index < -0.39 is 5.54 Å². The number of nitrogens with zero attached hydrogens (tertiary/aromatic N) is 3. The van der Waals surface area contributed by atoms with E-state index in [1.807, 2.05) is 0 Å². The SMILES string of the molecule is CN1C(=O)[C@@]2(N)C3C(c4nccnc41)[C@@H]32. The normalized spacial score (nSPS) is 44.3. The van der Waals surface area contributed by atoms with E-state index in [1.54, 1.807) is 24.3 Å². The molecule has 2 unspecified atom stereocenters. The quantitative estimate of drug-likeness (QED) is 0.615. The van der Waals surface area contributed by atoms with Crippen molar-refractivity contribution in [2.24, 2.45) is 17.6 Å². The van der Waals surface area contributed by atoms with E-state index in [9.17, 15) is 4.79 Å². The summed E-state index contributed by atoms with van der Waals surface area (Å²) >= 11 is 0. The summed E-state index contributed by atoms with van der Waals surface area (Å²) in [4.78, 5) is 22.1. The molecule has 3 heterocycles. The van der Waals surface area contributed by atoms with Crippen LogP contribution in [0.25, 0.3) is 0 Å². The number of likely N-dealkylation sites (N-methyl/N-ethyl adjacent to an activating group) is 1. The number of amides is 1. The Labute approximate surface area is 86.3 Å². The van der Waals surface area contributed by atoms with Gasteiger partial charge in [-0.3, -0.25) is 14.7 Å². The zero-order chi connectivity index (χ0) is 10.4. The summed E-state index contributed by atoms with van der Waals surface area (Å²) in [6, 6.07) is 0. The van der Waals surface area contributed by atoms with Gasteiger partial charge in [-0.2, -0.15) is 0 Å². The Hall–Kier alpha value is -1.49. The van der Waals surface area contributed by atoms with Crippen molar-refractivity contribution >= 4 is 11.7 Å². The molecule has 2 fully saturated rings. The minimum atomic E-state index is -0.595. The molecule has 4 atom stereocenters. The number of carbonyl (C=O) groups excluding carboxylic acids is 1. The largest absolute Gasteiger partial charge is 0.317 e. The van der Waals surface area contributed by atoms with Gasteiger partial charge in [-0.25, -0.2) is 4.98 Å². The lowest BCUT2D eigenvalue weighted by Gasteiger charge is -2.20. The summed E-state index contributed by atoms with van der Waals surface area (Å²) in [6.07, 6.45) is 3.29. The summed E-state index contributed by atoms with van der Waals surface area (Å²) in [7, 11) is 1.73. The third-order valence-corrected chi connectivity index (χ3v) is 4.03. The number of aromatic nitrogens is 2. The van der Waals surface area contributed by atoms with Gasteiger partial charge in [0, 0.05) is 37.2 Å². The van der Waals surface area contributed by atoms with Crippen molar-refractivity contribution < 1.29 is 4.79 Å². The van der Waals surface area contributed by atoms with Crippen molar-refractivity contribution in [3.05, 3.63) is 18.1 Å². The Kier molecular flexibility index (Phi) is 0.984. The Morgan fingerprint density at radius 3 is 2.80 bits per heavy atom. The van der Waals surface area contributed by atoms with Crippen LogP contribution in [0, 0.1) is 11.8 Å². The summed E-state index contributed by atoms with van der Waals surface area (Å²) in [5, 5.41) is 0. The standard InChI is InChI=1S/C10H10N4O/c1-14-8-7(12-2-3-13-8)4-5-6(4)10(5,11)9(14)15/h2-6H,11H2,1H3/t4?,5-,6?,10-/m0/s1. The van der Waals surface area contributed by atoms with Crippen molar-refractivity contribution in [1.29, 1.82) is 0 Å². The maximum Gasteiger partial charge on any atom is 0.248 e. The molecule has 0 radical (unpaired) electrons. The average molecular weight is 202 g/mol. The second kappa shape index (κ2) is 1.90. The zero-order valence-electron chi connectivity index (χ0n) is 8.21. The molecule has 5 heteroatoms. The van der Waals surface area contributed by atoms with Crippen LogP contribution in [0.2, 0.25) is 0 Å². The maximum atomic E-state index is 12.0. The highest BCUT2D eigenvalue weighted by Crippen LogP contribution is 2.80. The monoisotopic (exact) mass is 202 g/mol. The molecule has 0 aromatic carbocycles. The third-order valence-electron chi connectivity index (χ3n) is 4.03. The Bertz CT molecular complexity index is 490. The summed E-state index contributed by atoms with van der Waals surface area (Å²) in [6.45, 7) is 0. The highest BCUT2D eigenvalue weighted by molar-refractivity contribution is 6.06. The first kappa shape index (κ1) is 7.76. The van der Waals surface area contributed by atoms with Gasteiger partial charge >= 0.3 is 0 Å². The van der Waals surface area contributed by atoms with Gasteiger partial charge in [0.25, 0.3) is 0 Å². The molecule has 2 bridgehead atoms. The molecule has 2 N–H and O–H groups in total. The van der Waals surface area contributed by atoms with Gasteiger partial charge in [0.15, 0.2) is 5.82 Å². The molecular formula is C10H10N4O. The molecule has 0 saturated heterocycles. The molecule has 5 nitrogen and oxygen atoms in total. The fraction of sp³-hybridized carbons (Fsp3) is 0.500. The van der Waals surface area contributed by atoms with E-state index in [2.05, 4.69) is 9.97 Å². The van der Waals surface area contributed by atoms with Gasteiger partial charge in [-0.1, -0.05) is 0 Å². The molecule has 76 valence electrons. The molecule has 0 spiro atoms. The zero-order valence-corrected chi connectivity index (χ0v) is 8.21. The van der Waals surface area contributed by atoms with Crippen LogP contribution in [0.1, 0.15) is 11.6 Å². The van der Waals surface area contributed by atoms with Crippen LogP contribution in [0.15, 0.2) is 12.4 Å². The number of anilines is 1. The third kappa shape index (κ3) is 0.612. The van der Waals surface area contributed by atoms with E-state index in [1.165, 1.54) is 0 Å². The number of rotatable bonds is 0. The van der Waals surface area contributed by atoms with Crippen molar-refractivity contribution in [2.75, 3.05) is 11.9 Å². The van der Waals surface area contributed by atoms with Crippen LogP contribution in [0.4, 0.5) is 5.82 Å². The van der Waals surface area contributed by atoms with Gasteiger partial charge in [0.05, 0.1) is 5.69 Å². The van der Waals surface area contributed by atoms with Crippen molar-refractivity contribution in [1.82, 2.24) is 9.97 Å². The van der Waals surface area contributed by atoms with Crippen molar-refractivity contribution in [3.8, 4) is 0 Å². The van der Waals surface area contributed by atoms with Crippen molar-refractivity contribution in [3.63, 3.8) is 0 Å². The summed E-state index contributed by atoms with van der Waals surface area (Å²) in [5.41, 5.74) is 6.40. The molecule has 2 aliphatic heterocycles. The van der Waals surface area contributed by atoms with E-state index >= 15 is 0 Å². The van der Waals surface area contributed by atoms with E-state index in [-0.39, 0.29) is 5.91 Å². The first-order chi connectivity index (χ1) is 7.17. The van der Waals surface area contributed by atoms with Crippen LogP contribution in [-0.4, -0.2) is 28.5 Å². The lowest BCUT2D eigenvalue weighted by molar-refractivity contribution is -0.121. The molecule has 15 heavy (non-hydrogen) atoms. The average Bonchev–Trinajstić information content (AvgIpc) is 3.13. The fourth-order valence-corrected chi connectivity index (χ4v) is 3.10. The molecule has 5 rings (SSSR count). The predicted molar refractivity (Wildman–Crippen MR) is 52.1 cm³/mol. The maximum absolute atomic E-state index is 12.0. The highest BCUT2D eigenvalue weighted by atomic mass is 16.2. The van der Waals surface area contributed by atoms with Gasteiger partial charge < -0.3 is 5.73 Å². The minimum Gasteiger partial charge on any atom is -0.317 e.